The van der Waals surface area contributed by atoms with Gasteiger partial charge in [0.05, 0.1) is 5.71 Å². The number of rotatable bonds is 3. The molecule has 0 aliphatic heterocycles. The lowest BCUT2D eigenvalue weighted by atomic mass is 9.99. The molecule has 0 bridgehead atoms. The fourth-order valence-corrected chi connectivity index (χ4v) is 1.14. The molecule has 0 amide bonds. The Bertz CT molecular complexity index is 354. The number of carbonyl (C=O) groups is 1. The van der Waals surface area contributed by atoms with Gasteiger partial charge in [-0.05, 0) is 30.2 Å². The second kappa shape index (κ2) is 4.38. The van der Waals surface area contributed by atoms with Crippen LogP contribution in [-0.4, -0.2) is 11.5 Å². The number of benzene rings is 1. The van der Waals surface area contributed by atoms with Crippen molar-refractivity contribution in [3.63, 3.8) is 0 Å². The molecule has 14 heavy (non-hydrogen) atoms. The van der Waals surface area contributed by atoms with Crippen LogP contribution in [0.3, 0.4) is 0 Å². The Morgan fingerprint density at radius 2 is 1.79 bits per heavy atom. The van der Waals surface area contributed by atoms with E-state index in [1.54, 1.807) is 24.3 Å². The van der Waals surface area contributed by atoms with Crippen molar-refractivity contribution in [2.45, 2.75) is 13.8 Å². The Hall–Kier alpha value is -1.15. The van der Waals surface area contributed by atoms with Gasteiger partial charge in [0.15, 0.2) is 0 Å². The van der Waals surface area contributed by atoms with Crippen molar-refractivity contribution in [2.75, 3.05) is 0 Å². The number of carbonyl (C=O) groups excluding carboxylic acids is 1. The number of Topliss-reactive ketones (excluding diaryl/α,β-unsaturated/α-hetero) is 1. The molecule has 0 unspecified atom stereocenters. The molecule has 0 fully saturated rings. The summed E-state index contributed by atoms with van der Waals surface area (Å²) < 4.78 is 0. The van der Waals surface area contributed by atoms with E-state index in [2.05, 4.69) is 0 Å². The summed E-state index contributed by atoms with van der Waals surface area (Å²) in [5, 5.41) is 8.15. The smallest absolute Gasteiger partial charge is 0.206 e. The maximum absolute atomic E-state index is 11.6. The summed E-state index contributed by atoms with van der Waals surface area (Å²) in [7, 11) is 0. The van der Waals surface area contributed by atoms with Crippen LogP contribution < -0.4 is 0 Å². The van der Waals surface area contributed by atoms with Gasteiger partial charge >= 0.3 is 0 Å². The van der Waals surface area contributed by atoms with Gasteiger partial charge < -0.3 is 5.41 Å². The van der Waals surface area contributed by atoms with E-state index in [1.165, 1.54) is 0 Å². The number of hydrogen-bond donors (Lipinski definition) is 1. The lowest BCUT2D eigenvalue weighted by Gasteiger charge is -2.05. The maximum atomic E-state index is 11.6. The third kappa shape index (κ3) is 2.42. The first-order chi connectivity index (χ1) is 6.52. The predicted molar refractivity (Wildman–Crippen MR) is 58.3 cm³/mol. The lowest BCUT2D eigenvalue weighted by molar-refractivity contribution is 0.106. The molecule has 1 aromatic carbocycles. The third-order valence-electron chi connectivity index (χ3n) is 1.93. The van der Waals surface area contributed by atoms with Gasteiger partial charge in [-0.2, -0.15) is 0 Å². The molecule has 0 saturated heterocycles. The van der Waals surface area contributed by atoms with Gasteiger partial charge in [0.2, 0.25) is 5.78 Å². The van der Waals surface area contributed by atoms with Crippen molar-refractivity contribution in [1.82, 2.24) is 0 Å². The fourth-order valence-electron chi connectivity index (χ4n) is 1.02. The summed E-state index contributed by atoms with van der Waals surface area (Å²) in [6, 6.07) is 6.59. The van der Waals surface area contributed by atoms with Crippen LogP contribution in [0, 0.1) is 11.3 Å². The minimum atomic E-state index is -0.225. The molecule has 0 aromatic heterocycles. The Morgan fingerprint density at radius 1 is 1.29 bits per heavy atom. The van der Waals surface area contributed by atoms with E-state index in [1.807, 2.05) is 13.8 Å². The zero-order valence-corrected chi connectivity index (χ0v) is 8.93. The summed E-state index contributed by atoms with van der Waals surface area (Å²) >= 11 is 5.69. The van der Waals surface area contributed by atoms with E-state index in [0.29, 0.717) is 10.6 Å². The predicted octanol–water partition coefficient (Wildman–Crippen LogP) is 3.20. The first kappa shape index (κ1) is 10.9. The third-order valence-corrected chi connectivity index (χ3v) is 2.18. The standard InChI is InChI=1S/C11H12ClNO/c1-7(2)10(13)11(14)8-3-5-9(12)6-4-8/h3-7,13H,1-2H3. The van der Waals surface area contributed by atoms with E-state index in [0.717, 1.165) is 0 Å². The first-order valence-electron chi connectivity index (χ1n) is 4.41. The van der Waals surface area contributed by atoms with Crippen LogP contribution >= 0.6 is 11.6 Å². The molecule has 0 spiro atoms. The zero-order valence-electron chi connectivity index (χ0n) is 8.17. The van der Waals surface area contributed by atoms with Crippen LogP contribution in [0.4, 0.5) is 0 Å². The van der Waals surface area contributed by atoms with Crippen molar-refractivity contribution in [3.05, 3.63) is 34.9 Å². The van der Waals surface area contributed by atoms with Crippen molar-refractivity contribution in [2.24, 2.45) is 5.92 Å². The number of ketones is 1. The molecule has 0 radical (unpaired) electrons. The summed E-state index contributed by atoms with van der Waals surface area (Å²) in [6.07, 6.45) is 0. The number of nitrogens with one attached hydrogen (secondary N) is 1. The number of halogens is 1. The normalized spacial score (nSPS) is 10.3. The molecule has 1 aromatic rings. The molecular formula is C11H12ClNO. The second-order valence-corrected chi connectivity index (χ2v) is 3.84. The second-order valence-electron chi connectivity index (χ2n) is 3.40. The quantitative estimate of drug-likeness (QED) is 0.603. The topological polar surface area (TPSA) is 40.9 Å². The Morgan fingerprint density at radius 3 is 2.21 bits per heavy atom. The van der Waals surface area contributed by atoms with Crippen LogP contribution in [0.5, 0.6) is 0 Å². The highest BCUT2D eigenvalue weighted by Crippen LogP contribution is 2.11. The highest BCUT2D eigenvalue weighted by atomic mass is 35.5. The molecule has 74 valence electrons. The van der Waals surface area contributed by atoms with Crippen LogP contribution in [0.15, 0.2) is 24.3 Å². The van der Waals surface area contributed by atoms with Crippen molar-refractivity contribution < 1.29 is 4.79 Å². The molecule has 2 nitrogen and oxygen atoms in total. The van der Waals surface area contributed by atoms with Gasteiger partial charge in [-0.15, -0.1) is 0 Å². The summed E-state index contributed by atoms with van der Waals surface area (Å²) in [5.74, 6) is -0.269. The maximum Gasteiger partial charge on any atom is 0.206 e. The Kier molecular flexibility index (Phi) is 3.42. The van der Waals surface area contributed by atoms with Crippen LogP contribution in [0.1, 0.15) is 24.2 Å². The van der Waals surface area contributed by atoms with Crippen LogP contribution in [0.25, 0.3) is 0 Å². The zero-order chi connectivity index (χ0) is 10.7. The summed E-state index contributed by atoms with van der Waals surface area (Å²) in [5.41, 5.74) is 0.653. The van der Waals surface area contributed by atoms with Crippen molar-refractivity contribution in [1.29, 1.82) is 5.41 Å². The van der Waals surface area contributed by atoms with Gasteiger partial charge in [-0.1, -0.05) is 25.4 Å². The van der Waals surface area contributed by atoms with Crippen molar-refractivity contribution in [3.8, 4) is 0 Å². The minimum Gasteiger partial charge on any atom is -0.301 e. The van der Waals surface area contributed by atoms with Crippen LogP contribution in [0.2, 0.25) is 5.02 Å². The fraction of sp³-hybridized carbons (Fsp3) is 0.273. The molecular weight excluding hydrogens is 198 g/mol. The van der Waals surface area contributed by atoms with Crippen LogP contribution in [-0.2, 0) is 0 Å². The molecule has 1 rings (SSSR count). The molecule has 0 saturated carbocycles. The molecule has 1 N–H and O–H groups in total. The van der Waals surface area contributed by atoms with Gasteiger partial charge in [0, 0.05) is 10.6 Å². The molecule has 0 heterocycles. The van der Waals surface area contributed by atoms with Gasteiger partial charge in [-0.3, -0.25) is 4.79 Å². The highest BCUT2D eigenvalue weighted by molar-refractivity contribution is 6.45. The summed E-state index contributed by atoms with van der Waals surface area (Å²) in [6.45, 7) is 3.66. The van der Waals surface area contributed by atoms with Crippen molar-refractivity contribution >= 4 is 23.1 Å². The van der Waals surface area contributed by atoms with Gasteiger partial charge in [-0.25, -0.2) is 0 Å². The molecule has 0 aliphatic carbocycles. The van der Waals surface area contributed by atoms with E-state index in [4.69, 9.17) is 17.0 Å². The van der Waals surface area contributed by atoms with E-state index < -0.39 is 0 Å². The first-order valence-corrected chi connectivity index (χ1v) is 4.79. The molecule has 0 atom stereocenters. The largest absolute Gasteiger partial charge is 0.301 e. The molecule has 3 heteroatoms. The SMILES string of the molecule is CC(C)C(=N)C(=O)c1ccc(Cl)cc1. The monoisotopic (exact) mass is 209 g/mol. The van der Waals surface area contributed by atoms with E-state index in [9.17, 15) is 4.79 Å². The van der Waals surface area contributed by atoms with E-state index >= 15 is 0 Å². The van der Waals surface area contributed by atoms with E-state index in [-0.39, 0.29) is 17.4 Å². The highest BCUT2D eigenvalue weighted by Gasteiger charge is 2.14. The lowest BCUT2D eigenvalue weighted by Crippen LogP contribution is -2.18. The average Bonchev–Trinajstić information content (AvgIpc) is 2.16. The summed E-state index contributed by atoms with van der Waals surface area (Å²) in [4.78, 5) is 11.6. The Balaban J connectivity index is 2.90. The van der Waals surface area contributed by atoms with Gasteiger partial charge in [0.25, 0.3) is 0 Å². The number of hydrogen-bond acceptors (Lipinski definition) is 2. The minimum absolute atomic E-state index is 0.0434. The van der Waals surface area contributed by atoms with Gasteiger partial charge in [0.1, 0.15) is 0 Å². The molecule has 0 aliphatic rings. The average molecular weight is 210 g/mol. The Labute approximate surface area is 88.4 Å².